The molecule has 0 aliphatic carbocycles. The Morgan fingerprint density at radius 3 is 3.08 bits per heavy atom. The van der Waals surface area contributed by atoms with E-state index >= 15 is 0 Å². The SMILES string of the molecule is Cc1ccnc2[nH]cc([N+](=O)[O-])c12. The van der Waals surface area contributed by atoms with E-state index in [0.717, 1.165) is 5.56 Å². The zero-order valence-corrected chi connectivity index (χ0v) is 6.94. The highest BCUT2D eigenvalue weighted by atomic mass is 16.6. The number of aromatic amines is 1. The lowest BCUT2D eigenvalue weighted by molar-refractivity contribution is -0.383. The molecule has 2 aromatic heterocycles. The summed E-state index contributed by atoms with van der Waals surface area (Å²) in [6.45, 7) is 1.82. The second-order valence-electron chi connectivity index (χ2n) is 2.78. The maximum Gasteiger partial charge on any atom is 0.296 e. The fourth-order valence-electron chi connectivity index (χ4n) is 1.34. The fourth-order valence-corrected chi connectivity index (χ4v) is 1.34. The lowest BCUT2D eigenvalue weighted by Crippen LogP contribution is -1.87. The predicted octanol–water partition coefficient (Wildman–Crippen LogP) is 1.78. The number of aromatic nitrogens is 2. The molecule has 2 heterocycles. The number of H-pyrrole nitrogens is 1. The Balaban J connectivity index is 2.86. The summed E-state index contributed by atoms with van der Waals surface area (Å²) in [6, 6.07) is 1.75. The van der Waals surface area contributed by atoms with E-state index in [0.29, 0.717) is 11.0 Å². The van der Waals surface area contributed by atoms with Crippen LogP contribution in [0.5, 0.6) is 0 Å². The van der Waals surface area contributed by atoms with Crippen molar-refractivity contribution in [2.24, 2.45) is 0 Å². The number of nitro groups is 1. The first-order valence-corrected chi connectivity index (χ1v) is 3.77. The van der Waals surface area contributed by atoms with Crippen molar-refractivity contribution >= 4 is 16.7 Å². The van der Waals surface area contributed by atoms with Gasteiger partial charge < -0.3 is 4.98 Å². The first kappa shape index (κ1) is 7.72. The summed E-state index contributed by atoms with van der Waals surface area (Å²) in [7, 11) is 0. The van der Waals surface area contributed by atoms with E-state index in [1.165, 1.54) is 6.20 Å². The first-order chi connectivity index (χ1) is 6.20. The Morgan fingerprint density at radius 1 is 1.62 bits per heavy atom. The van der Waals surface area contributed by atoms with E-state index in [1.807, 2.05) is 6.92 Å². The van der Waals surface area contributed by atoms with Gasteiger partial charge in [0, 0.05) is 6.20 Å². The quantitative estimate of drug-likeness (QED) is 0.533. The van der Waals surface area contributed by atoms with Gasteiger partial charge in [-0.15, -0.1) is 0 Å². The molecule has 0 aromatic carbocycles. The van der Waals surface area contributed by atoms with E-state index < -0.39 is 4.92 Å². The molecule has 5 nitrogen and oxygen atoms in total. The average Bonchev–Trinajstić information content (AvgIpc) is 2.49. The second kappa shape index (κ2) is 2.55. The topological polar surface area (TPSA) is 71.8 Å². The molecule has 66 valence electrons. The predicted molar refractivity (Wildman–Crippen MR) is 47.5 cm³/mol. The van der Waals surface area contributed by atoms with Gasteiger partial charge in [-0.1, -0.05) is 0 Å². The van der Waals surface area contributed by atoms with Crippen LogP contribution in [0, 0.1) is 17.0 Å². The van der Waals surface area contributed by atoms with Gasteiger partial charge in [0.05, 0.1) is 16.5 Å². The summed E-state index contributed by atoms with van der Waals surface area (Å²) in [5.74, 6) is 0. The van der Waals surface area contributed by atoms with Crippen molar-refractivity contribution in [1.29, 1.82) is 0 Å². The van der Waals surface area contributed by atoms with Crippen LogP contribution in [-0.4, -0.2) is 14.9 Å². The minimum absolute atomic E-state index is 0.0839. The van der Waals surface area contributed by atoms with E-state index in [9.17, 15) is 10.1 Å². The summed E-state index contributed by atoms with van der Waals surface area (Å²) >= 11 is 0. The number of aryl methyl sites for hydroxylation is 1. The normalized spacial score (nSPS) is 10.5. The fraction of sp³-hybridized carbons (Fsp3) is 0.125. The van der Waals surface area contributed by atoms with E-state index in [4.69, 9.17) is 0 Å². The van der Waals surface area contributed by atoms with Crippen LogP contribution in [0.3, 0.4) is 0 Å². The zero-order chi connectivity index (χ0) is 9.42. The third-order valence-corrected chi connectivity index (χ3v) is 1.96. The number of hydrogen-bond acceptors (Lipinski definition) is 3. The molecule has 0 aliphatic heterocycles. The van der Waals surface area contributed by atoms with Crippen LogP contribution < -0.4 is 0 Å². The third kappa shape index (κ3) is 1.05. The van der Waals surface area contributed by atoms with Gasteiger partial charge in [-0.25, -0.2) is 4.98 Å². The number of nitrogens with zero attached hydrogens (tertiary/aromatic N) is 2. The summed E-state index contributed by atoms with van der Waals surface area (Å²) in [5.41, 5.74) is 1.50. The molecule has 0 unspecified atom stereocenters. The maximum atomic E-state index is 10.6. The number of nitrogens with one attached hydrogen (secondary N) is 1. The summed E-state index contributed by atoms with van der Waals surface area (Å²) in [6.07, 6.45) is 2.99. The van der Waals surface area contributed by atoms with Crippen molar-refractivity contribution in [3.05, 3.63) is 34.1 Å². The Labute approximate surface area is 73.6 Å². The minimum atomic E-state index is -0.409. The molecule has 0 bridgehead atoms. The number of fused-ring (bicyclic) bond motifs is 1. The molecular formula is C8H7N3O2. The molecule has 0 saturated heterocycles. The smallest absolute Gasteiger partial charge is 0.296 e. The highest BCUT2D eigenvalue weighted by molar-refractivity contribution is 5.88. The average molecular weight is 177 g/mol. The van der Waals surface area contributed by atoms with Crippen LogP contribution in [0.2, 0.25) is 0 Å². The summed E-state index contributed by atoms with van der Waals surface area (Å²) < 4.78 is 0. The van der Waals surface area contributed by atoms with Crippen molar-refractivity contribution in [2.45, 2.75) is 6.92 Å². The van der Waals surface area contributed by atoms with Crippen molar-refractivity contribution in [3.8, 4) is 0 Å². The van der Waals surface area contributed by atoms with Gasteiger partial charge in [0.15, 0.2) is 0 Å². The maximum absolute atomic E-state index is 10.6. The largest absolute Gasteiger partial charge is 0.340 e. The Hall–Kier alpha value is -1.91. The molecule has 0 atom stereocenters. The molecule has 0 radical (unpaired) electrons. The highest BCUT2D eigenvalue weighted by Crippen LogP contribution is 2.26. The van der Waals surface area contributed by atoms with E-state index in [-0.39, 0.29) is 5.69 Å². The second-order valence-corrected chi connectivity index (χ2v) is 2.78. The van der Waals surface area contributed by atoms with Gasteiger partial charge >= 0.3 is 0 Å². The Morgan fingerprint density at radius 2 is 2.38 bits per heavy atom. The molecule has 0 amide bonds. The van der Waals surface area contributed by atoms with Crippen LogP contribution in [0.4, 0.5) is 5.69 Å². The monoisotopic (exact) mass is 177 g/mol. The molecule has 2 aromatic rings. The standard InChI is InChI=1S/C8H7N3O2/c1-5-2-3-9-8-7(5)6(4-10-8)11(12)13/h2-4H,1H3,(H,9,10). The lowest BCUT2D eigenvalue weighted by Gasteiger charge is -1.93. The van der Waals surface area contributed by atoms with Crippen molar-refractivity contribution in [3.63, 3.8) is 0 Å². The summed E-state index contributed by atoms with van der Waals surface area (Å²) in [4.78, 5) is 16.9. The van der Waals surface area contributed by atoms with Crippen LogP contribution >= 0.6 is 0 Å². The lowest BCUT2D eigenvalue weighted by atomic mass is 10.2. The minimum Gasteiger partial charge on any atom is -0.340 e. The Bertz CT molecular complexity index is 475. The molecule has 5 heteroatoms. The van der Waals surface area contributed by atoms with Gasteiger partial charge in [-0.05, 0) is 18.6 Å². The van der Waals surface area contributed by atoms with Gasteiger partial charge in [-0.2, -0.15) is 0 Å². The van der Waals surface area contributed by atoms with Crippen molar-refractivity contribution in [2.75, 3.05) is 0 Å². The molecular weight excluding hydrogens is 170 g/mol. The molecule has 13 heavy (non-hydrogen) atoms. The van der Waals surface area contributed by atoms with Gasteiger partial charge in [0.1, 0.15) is 5.65 Å². The van der Waals surface area contributed by atoms with Crippen LogP contribution in [0.25, 0.3) is 11.0 Å². The third-order valence-electron chi connectivity index (χ3n) is 1.96. The van der Waals surface area contributed by atoms with Gasteiger partial charge in [-0.3, -0.25) is 10.1 Å². The molecule has 0 fully saturated rings. The zero-order valence-electron chi connectivity index (χ0n) is 6.94. The van der Waals surface area contributed by atoms with Gasteiger partial charge in [0.25, 0.3) is 5.69 Å². The van der Waals surface area contributed by atoms with Crippen molar-refractivity contribution < 1.29 is 4.92 Å². The molecule has 2 rings (SSSR count). The molecule has 0 aliphatic rings. The van der Waals surface area contributed by atoms with Gasteiger partial charge in [0.2, 0.25) is 0 Å². The first-order valence-electron chi connectivity index (χ1n) is 3.77. The van der Waals surface area contributed by atoms with Crippen LogP contribution in [0.1, 0.15) is 5.56 Å². The molecule has 0 spiro atoms. The van der Waals surface area contributed by atoms with Crippen molar-refractivity contribution in [1.82, 2.24) is 9.97 Å². The number of hydrogen-bond donors (Lipinski definition) is 1. The molecule has 0 saturated carbocycles. The Kier molecular flexibility index (Phi) is 1.51. The van der Waals surface area contributed by atoms with Crippen LogP contribution in [-0.2, 0) is 0 Å². The number of pyridine rings is 1. The van der Waals surface area contributed by atoms with E-state index in [2.05, 4.69) is 9.97 Å². The molecule has 1 N–H and O–H groups in total. The summed E-state index contributed by atoms with van der Waals surface area (Å²) in [5, 5.41) is 11.2. The van der Waals surface area contributed by atoms with E-state index in [1.54, 1.807) is 12.3 Å². The van der Waals surface area contributed by atoms with Crippen LogP contribution in [0.15, 0.2) is 18.5 Å². The highest BCUT2D eigenvalue weighted by Gasteiger charge is 2.15. The number of rotatable bonds is 1.